The Labute approximate surface area is 168 Å². The van der Waals surface area contributed by atoms with Crippen LogP contribution in [0.4, 0.5) is 0 Å². The second kappa shape index (κ2) is 12.8. The molecule has 0 radical (unpaired) electrons. The van der Waals surface area contributed by atoms with Crippen LogP contribution in [0.1, 0.15) is 87.0 Å². The highest BCUT2D eigenvalue weighted by atomic mass is 16.5. The summed E-state index contributed by atoms with van der Waals surface area (Å²) in [5.74, 6) is 1.37. The number of hydrogen-bond acceptors (Lipinski definition) is 2. The van der Waals surface area contributed by atoms with Crippen LogP contribution in [0.25, 0.3) is 0 Å². The first kappa shape index (κ1) is 23.5. The first-order valence-electron chi connectivity index (χ1n) is 10.6. The van der Waals surface area contributed by atoms with Crippen LogP contribution in [-0.4, -0.2) is 18.5 Å². The van der Waals surface area contributed by atoms with Crippen molar-refractivity contribution in [1.82, 2.24) is 0 Å². The molecule has 0 fully saturated rings. The monoisotopic (exact) mass is 371 g/mol. The van der Waals surface area contributed by atoms with E-state index in [2.05, 4.69) is 77.8 Å². The molecule has 152 valence electrons. The van der Waals surface area contributed by atoms with Crippen molar-refractivity contribution in [2.75, 3.05) is 6.61 Å². The van der Waals surface area contributed by atoms with Gasteiger partial charge in [-0.2, -0.15) is 0 Å². The van der Waals surface area contributed by atoms with E-state index in [0.717, 1.165) is 44.6 Å². The fourth-order valence-corrected chi connectivity index (χ4v) is 3.00. The smallest absolute Gasteiger partial charge is 0.208 e. The highest BCUT2D eigenvalue weighted by molar-refractivity contribution is 5.89. The average Bonchev–Trinajstić information content (AvgIpc) is 3.03. The van der Waals surface area contributed by atoms with Gasteiger partial charge in [0.15, 0.2) is 0 Å². The summed E-state index contributed by atoms with van der Waals surface area (Å²) in [6.45, 7) is 16.1. The van der Waals surface area contributed by atoms with Crippen LogP contribution in [-0.2, 0) is 4.74 Å². The Morgan fingerprint density at radius 1 is 0.889 bits per heavy atom. The van der Waals surface area contributed by atoms with Crippen molar-refractivity contribution in [2.45, 2.75) is 93.0 Å². The molecule has 2 heteroatoms. The van der Waals surface area contributed by atoms with E-state index in [4.69, 9.17) is 4.74 Å². The zero-order chi connectivity index (χ0) is 20.2. The molecule has 1 rings (SSSR count). The highest BCUT2D eigenvalue weighted by Gasteiger charge is 2.20. The molecule has 27 heavy (non-hydrogen) atoms. The molecule has 0 saturated heterocycles. The Morgan fingerprint density at radius 2 is 1.41 bits per heavy atom. The molecule has 0 saturated carbocycles. The minimum absolute atomic E-state index is 0.324. The van der Waals surface area contributed by atoms with Crippen LogP contribution in [0.2, 0.25) is 0 Å². The summed E-state index contributed by atoms with van der Waals surface area (Å²) >= 11 is 0. The van der Waals surface area contributed by atoms with Gasteiger partial charge < -0.3 is 4.74 Å². The first-order valence-corrected chi connectivity index (χ1v) is 10.6. The number of hydrogen-bond donors (Lipinski definition) is 0. The topological polar surface area (TPSA) is 21.6 Å². The summed E-state index contributed by atoms with van der Waals surface area (Å²) < 4.78 is 5.69. The van der Waals surface area contributed by atoms with Gasteiger partial charge in [0.1, 0.15) is 6.61 Å². The molecular formula is C25H41NO. The van der Waals surface area contributed by atoms with Gasteiger partial charge in [0, 0.05) is 0 Å². The second-order valence-electron chi connectivity index (χ2n) is 8.58. The molecule has 1 atom stereocenters. The number of aliphatic imine (C=N–C) groups is 1. The van der Waals surface area contributed by atoms with Crippen molar-refractivity contribution in [3.63, 3.8) is 0 Å². The molecular weight excluding hydrogens is 330 g/mol. The molecule has 0 spiro atoms. The third-order valence-electron chi connectivity index (χ3n) is 4.99. The zero-order valence-corrected chi connectivity index (χ0v) is 18.8. The standard InChI is InChI=1S/C25H41NO/c1-19(2)11-8-12-21(5)13-9-14-22(6)15-10-16-23(7)17-25-26-24(18-27-25)20(3)4/h11,13,15,17,20,24H,8-10,12,14,16,18H2,1-7H3/t24-/m1/s1. The number of allylic oxidation sites excluding steroid dienone is 7. The number of ether oxygens (including phenoxy) is 1. The first-order chi connectivity index (χ1) is 12.8. The Balaban J connectivity index is 2.31. The van der Waals surface area contributed by atoms with E-state index in [1.54, 1.807) is 0 Å². The predicted octanol–water partition coefficient (Wildman–Crippen LogP) is 7.59. The number of nitrogens with zero attached hydrogens (tertiary/aromatic N) is 1. The minimum Gasteiger partial charge on any atom is -0.476 e. The molecule has 0 amide bonds. The SMILES string of the molecule is CC(C)=CCCC(C)=CCCC(C)=CCCC(C)=CC1=N[C@@H](C(C)C)CO1. The van der Waals surface area contributed by atoms with Crippen molar-refractivity contribution >= 4 is 5.90 Å². The molecule has 0 aromatic carbocycles. The fraction of sp³-hybridized carbons (Fsp3) is 0.640. The van der Waals surface area contributed by atoms with Gasteiger partial charge in [-0.25, -0.2) is 4.99 Å². The van der Waals surface area contributed by atoms with Gasteiger partial charge in [-0.1, -0.05) is 54.4 Å². The Kier molecular flexibility index (Phi) is 11.1. The van der Waals surface area contributed by atoms with Crippen LogP contribution in [0.15, 0.2) is 51.6 Å². The van der Waals surface area contributed by atoms with Gasteiger partial charge in [0.05, 0.1) is 6.04 Å². The van der Waals surface area contributed by atoms with Crippen LogP contribution in [0, 0.1) is 5.92 Å². The lowest BCUT2D eigenvalue weighted by Crippen LogP contribution is -2.13. The second-order valence-corrected chi connectivity index (χ2v) is 8.58. The average molecular weight is 372 g/mol. The van der Waals surface area contributed by atoms with Gasteiger partial charge >= 0.3 is 0 Å². The van der Waals surface area contributed by atoms with Crippen molar-refractivity contribution in [3.8, 4) is 0 Å². The van der Waals surface area contributed by atoms with Crippen molar-refractivity contribution in [2.24, 2.45) is 10.9 Å². The Bertz CT molecular complexity index is 598. The molecule has 0 aromatic heterocycles. The molecule has 1 heterocycles. The zero-order valence-electron chi connectivity index (χ0n) is 18.8. The number of rotatable bonds is 11. The molecule has 0 bridgehead atoms. The van der Waals surface area contributed by atoms with E-state index in [-0.39, 0.29) is 0 Å². The lowest BCUT2D eigenvalue weighted by molar-refractivity contribution is 0.292. The molecule has 0 N–H and O–H groups in total. The van der Waals surface area contributed by atoms with Crippen molar-refractivity contribution in [3.05, 3.63) is 46.6 Å². The van der Waals surface area contributed by atoms with Crippen LogP contribution in [0.3, 0.4) is 0 Å². The third kappa shape index (κ3) is 11.0. The summed E-state index contributed by atoms with van der Waals surface area (Å²) in [5.41, 5.74) is 5.76. The summed E-state index contributed by atoms with van der Waals surface area (Å²) in [7, 11) is 0. The lowest BCUT2D eigenvalue weighted by atomic mass is 10.0. The highest BCUT2D eigenvalue weighted by Crippen LogP contribution is 2.17. The van der Waals surface area contributed by atoms with Gasteiger partial charge in [-0.15, -0.1) is 0 Å². The van der Waals surface area contributed by atoms with Crippen LogP contribution in [0.5, 0.6) is 0 Å². The minimum atomic E-state index is 0.324. The van der Waals surface area contributed by atoms with Gasteiger partial charge in [-0.3, -0.25) is 0 Å². The van der Waals surface area contributed by atoms with Crippen LogP contribution >= 0.6 is 0 Å². The molecule has 0 aliphatic carbocycles. The van der Waals surface area contributed by atoms with E-state index in [0.29, 0.717) is 12.0 Å². The summed E-state index contributed by atoms with van der Waals surface area (Å²) in [6.07, 6.45) is 16.1. The maximum atomic E-state index is 5.69. The molecule has 0 aromatic rings. The fourth-order valence-electron chi connectivity index (χ4n) is 3.00. The normalized spacial score (nSPS) is 18.6. The van der Waals surface area contributed by atoms with Crippen molar-refractivity contribution in [1.29, 1.82) is 0 Å². The van der Waals surface area contributed by atoms with Gasteiger partial charge in [0.2, 0.25) is 5.90 Å². The summed E-state index contributed by atoms with van der Waals surface area (Å²) in [4.78, 5) is 4.65. The van der Waals surface area contributed by atoms with Crippen molar-refractivity contribution < 1.29 is 4.74 Å². The van der Waals surface area contributed by atoms with Gasteiger partial charge in [-0.05, 0) is 85.1 Å². The Hall–Kier alpha value is -1.57. The maximum Gasteiger partial charge on any atom is 0.208 e. The maximum absolute atomic E-state index is 5.69. The molecule has 0 unspecified atom stereocenters. The molecule has 1 aliphatic rings. The molecule has 2 nitrogen and oxygen atoms in total. The summed E-state index contributed by atoms with van der Waals surface area (Å²) in [6, 6.07) is 0.324. The predicted molar refractivity (Wildman–Crippen MR) is 120 cm³/mol. The van der Waals surface area contributed by atoms with E-state index < -0.39 is 0 Å². The van der Waals surface area contributed by atoms with E-state index in [9.17, 15) is 0 Å². The van der Waals surface area contributed by atoms with E-state index >= 15 is 0 Å². The lowest BCUT2D eigenvalue weighted by Gasteiger charge is -2.06. The van der Waals surface area contributed by atoms with E-state index in [1.807, 2.05) is 0 Å². The largest absolute Gasteiger partial charge is 0.476 e. The van der Waals surface area contributed by atoms with E-state index in [1.165, 1.54) is 28.7 Å². The third-order valence-corrected chi connectivity index (χ3v) is 4.99. The van der Waals surface area contributed by atoms with Gasteiger partial charge in [0.25, 0.3) is 0 Å². The Morgan fingerprint density at radius 3 is 1.89 bits per heavy atom. The molecule has 1 aliphatic heterocycles. The summed E-state index contributed by atoms with van der Waals surface area (Å²) in [5, 5.41) is 0. The quantitative estimate of drug-likeness (QED) is 0.343. The van der Waals surface area contributed by atoms with Crippen LogP contribution < -0.4 is 0 Å².